The van der Waals surface area contributed by atoms with Gasteiger partial charge in [0.05, 0.1) is 24.1 Å². The van der Waals surface area contributed by atoms with Crippen molar-refractivity contribution in [3.8, 4) is 0 Å². The van der Waals surface area contributed by atoms with Crippen molar-refractivity contribution in [2.45, 2.75) is 4.90 Å². The first-order chi connectivity index (χ1) is 13.8. The Morgan fingerprint density at radius 2 is 1.79 bits per heavy atom. The summed E-state index contributed by atoms with van der Waals surface area (Å²) in [4.78, 5) is 26.1. The molecule has 3 rings (SSSR count). The smallest absolute Gasteiger partial charge is 0.340 e. The Morgan fingerprint density at radius 3 is 2.41 bits per heavy atom. The number of halogens is 1. The Kier molecular flexibility index (Phi) is 6.91. The molecule has 0 aliphatic carbocycles. The zero-order chi connectivity index (χ0) is 21.0. The first-order valence-corrected chi connectivity index (χ1v) is 11.4. The number of thiophene rings is 1. The number of carbonyl (C=O) groups is 2. The summed E-state index contributed by atoms with van der Waals surface area (Å²) in [7, 11) is -2.31. The second-order valence-corrected chi connectivity index (χ2v) is 9.63. The van der Waals surface area contributed by atoms with Crippen molar-refractivity contribution >= 4 is 49.8 Å². The summed E-state index contributed by atoms with van der Waals surface area (Å²) in [6, 6.07) is 7.64. The summed E-state index contributed by atoms with van der Waals surface area (Å²) in [6.07, 6.45) is 0. The van der Waals surface area contributed by atoms with Crippen molar-refractivity contribution in [2.24, 2.45) is 0 Å². The van der Waals surface area contributed by atoms with E-state index in [1.807, 2.05) is 4.90 Å². The maximum atomic E-state index is 12.7. The first kappa shape index (κ1) is 21.7. The number of amides is 1. The van der Waals surface area contributed by atoms with E-state index in [0.717, 1.165) is 0 Å². The van der Waals surface area contributed by atoms with Crippen molar-refractivity contribution in [3.05, 3.63) is 46.3 Å². The Hall–Kier alpha value is -1.98. The first-order valence-electron chi connectivity index (χ1n) is 8.75. The number of rotatable bonds is 6. The highest BCUT2D eigenvalue weighted by Crippen LogP contribution is 2.24. The molecule has 11 heteroatoms. The van der Waals surface area contributed by atoms with Gasteiger partial charge in [-0.15, -0.1) is 11.3 Å². The largest absolute Gasteiger partial charge is 0.465 e. The highest BCUT2D eigenvalue weighted by Gasteiger charge is 2.29. The van der Waals surface area contributed by atoms with E-state index in [4.69, 9.17) is 11.6 Å². The minimum absolute atomic E-state index is 0.105. The Morgan fingerprint density at radius 1 is 1.14 bits per heavy atom. The van der Waals surface area contributed by atoms with E-state index in [1.165, 1.54) is 34.9 Å². The minimum atomic E-state index is -3.59. The van der Waals surface area contributed by atoms with Crippen LogP contribution in [-0.4, -0.2) is 69.3 Å². The van der Waals surface area contributed by atoms with Gasteiger partial charge in [0.25, 0.3) is 0 Å². The molecule has 29 heavy (non-hydrogen) atoms. The van der Waals surface area contributed by atoms with Gasteiger partial charge in [0, 0.05) is 31.2 Å². The normalized spacial score (nSPS) is 15.8. The van der Waals surface area contributed by atoms with Crippen LogP contribution in [0.5, 0.6) is 0 Å². The average Bonchev–Trinajstić information content (AvgIpc) is 3.16. The van der Waals surface area contributed by atoms with Crippen LogP contribution in [0.2, 0.25) is 5.02 Å². The summed E-state index contributed by atoms with van der Waals surface area (Å²) in [5.41, 5.74) is 0.310. The van der Waals surface area contributed by atoms with Crippen LogP contribution in [-0.2, 0) is 19.6 Å². The second-order valence-electron chi connectivity index (χ2n) is 6.34. The van der Waals surface area contributed by atoms with Crippen LogP contribution in [0.3, 0.4) is 0 Å². The molecule has 1 fully saturated rings. The zero-order valence-electron chi connectivity index (χ0n) is 15.6. The van der Waals surface area contributed by atoms with Gasteiger partial charge in [-0.25, -0.2) is 13.2 Å². The summed E-state index contributed by atoms with van der Waals surface area (Å²) in [6.45, 7) is 1.52. The molecule has 1 aromatic heterocycles. The fraction of sp³-hybridized carbons (Fsp3) is 0.333. The van der Waals surface area contributed by atoms with Crippen LogP contribution in [0.4, 0.5) is 5.00 Å². The highest BCUT2D eigenvalue weighted by atomic mass is 35.5. The third-order valence-corrected chi connectivity index (χ3v) is 7.47. The molecule has 1 saturated heterocycles. The Bertz CT molecular complexity index is 983. The summed E-state index contributed by atoms with van der Waals surface area (Å²) in [5.74, 6) is -0.783. The predicted molar refractivity (Wildman–Crippen MR) is 111 cm³/mol. The highest BCUT2D eigenvalue weighted by molar-refractivity contribution is 7.89. The molecule has 1 aromatic carbocycles. The topological polar surface area (TPSA) is 96.0 Å². The molecule has 0 atom stereocenters. The van der Waals surface area contributed by atoms with Gasteiger partial charge >= 0.3 is 5.97 Å². The number of hydrogen-bond donors (Lipinski definition) is 1. The van der Waals surface area contributed by atoms with Crippen molar-refractivity contribution in [1.82, 2.24) is 9.21 Å². The summed E-state index contributed by atoms with van der Waals surface area (Å²) in [5, 5.41) is 5.32. The standard InChI is InChI=1S/C18H20ClN3O5S2/c1-27-18(24)15-6-11-28-17(15)20-16(23)12-21-7-9-22(10-8-21)29(25,26)14-4-2-13(19)3-5-14/h2-6,11H,7-10,12H2,1H3,(H,20,23). The summed E-state index contributed by atoms with van der Waals surface area (Å²) >= 11 is 7.06. The van der Waals surface area contributed by atoms with Crippen LogP contribution in [0.25, 0.3) is 0 Å². The number of benzene rings is 1. The van der Waals surface area contributed by atoms with Crippen molar-refractivity contribution in [3.63, 3.8) is 0 Å². The lowest BCUT2D eigenvalue weighted by atomic mass is 10.3. The van der Waals surface area contributed by atoms with Gasteiger partial charge in [-0.3, -0.25) is 9.69 Å². The SMILES string of the molecule is COC(=O)c1ccsc1NC(=O)CN1CCN(S(=O)(=O)c2ccc(Cl)cc2)CC1. The zero-order valence-corrected chi connectivity index (χ0v) is 18.0. The average molecular weight is 458 g/mol. The number of anilines is 1. The van der Waals surface area contributed by atoms with Crippen LogP contribution in [0, 0.1) is 0 Å². The molecular formula is C18H20ClN3O5S2. The number of nitrogens with zero attached hydrogens (tertiary/aromatic N) is 2. The van der Waals surface area contributed by atoms with Crippen LogP contribution < -0.4 is 5.32 Å². The van der Waals surface area contributed by atoms with Crippen LogP contribution >= 0.6 is 22.9 Å². The monoisotopic (exact) mass is 457 g/mol. The fourth-order valence-corrected chi connectivity index (χ4v) is 5.27. The van der Waals surface area contributed by atoms with Crippen LogP contribution in [0.15, 0.2) is 40.6 Å². The van der Waals surface area contributed by atoms with E-state index in [9.17, 15) is 18.0 Å². The fourth-order valence-electron chi connectivity index (χ4n) is 2.93. The molecule has 1 amide bonds. The number of ether oxygens (including phenoxy) is 1. The number of carbonyl (C=O) groups excluding carboxylic acids is 2. The molecule has 2 heterocycles. The molecule has 1 N–H and O–H groups in total. The van der Waals surface area contributed by atoms with E-state index in [1.54, 1.807) is 23.6 Å². The van der Waals surface area contributed by atoms with E-state index in [0.29, 0.717) is 28.7 Å². The molecular weight excluding hydrogens is 438 g/mol. The Balaban J connectivity index is 1.54. The van der Waals surface area contributed by atoms with Gasteiger partial charge in [-0.1, -0.05) is 11.6 Å². The lowest BCUT2D eigenvalue weighted by Gasteiger charge is -2.33. The van der Waals surface area contributed by atoms with Gasteiger partial charge < -0.3 is 10.1 Å². The predicted octanol–water partition coefficient (Wildman–Crippen LogP) is 2.13. The lowest BCUT2D eigenvalue weighted by Crippen LogP contribution is -2.50. The maximum Gasteiger partial charge on any atom is 0.340 e. The molecule has 0 unspecified atom stereocenters. The molecule has 8 nitrogen and oxygen atoms in total. The molecule has 0 radical (unpaired) electrons. The van der Waals surface area contributed by atoms with E-state index >= 15 is 0 Å². The number of nitrogens with one attached hydrogen (secondary N) is 1. The number of methoxy groups -OCH3 is 1. The van der Waals surface area contributed by atoms with Crippen molar-refractivity contribution in [2.75, 3.05) is 45.2 Å². The third kappa shape index (κ3) is 5.14. The van der Waals surface area contributed by atoms with Gasteiger partial charge in [0.2, 0.25) is 15.9 Å². The molecule has 2 aromatic rings. The summed E-state index contributed by atoms with van der Waals surface area (Å²) < 4.78 is 31.5. The van der Waals surface area contributed by atoms with E-state index < -0.39 is 16.0 Å². The van der Waals surface area contributed by atoms with Gasteiger partial charge in [-0.2, -0.15) is 4.31 Å². The molecule has 0 saturated carbocycles. The molecule has 156 valence electrons. The minimum Gasteiger partial charge on any atom is -0.465 e. The van der Waals surface area contributed by atoms with Crippen molar-refractivity contribution < 1.29 is 22.7 Å². The Labute approximate surface area is 178 Å². The molecule has 1 aliphatic rings. The third-order valence-electron chi connectivity index (χ3n) is 4.47. The number of sulfonamides is 1. The number of hydrogen-bond acceptors (Lipinski definition) is 7. The molecule has 0 spiro atoms. The molecule has 0 bridgehead atoms. The number of esters is 1. The van der Waals surface area contributed by atoms with Crippen LogP contribution in [0.1, 0.15) is 10.4 Å². The molecule has 1 aliphatic heterocycles. The maximum absolute atomic E-state index is 12.7. The van der Waals surface area contributed by atoms with Gasteiger partial charge in [0.1, 0.15) is 5.00 Å². The second kappa shape index (κ2) is 9.23. The van der Waals surface area contributed by atoms with E-state index in [2.05, 4.69) is 10.1 Å². The number of piperazine rings is 1. The lowest BCUT2D eigenvalue weighted by molar-refractivity contribution is -0.117. The van der Waals surface area contributed by atoms with Gasteiger partial charge in [0.15, 0.2) is 0 Å². The quantitative estimate of drug-likeness (QED) is 0.667. The van der Waals surface area contributed by atoms with Crippen molar-refractivity contribution in [1.29, 1.82) is 0 Å². The van der Waals surface area contributed by atoms with Gasteiger partial charge in [-0.05, 0) is 35.7 Å². The van der Waals surface area contributed by atoms with E-state index in [-0.39, 0.29) is 30.4 Å².